The number of anilines is 1. The Bertz CT molecular complexity index is 1490. The van der Waals surface area contributed by atoms with E-state index in [1.807, 2.05) is 4.57 Å². The molecule has 37 heavy (non-hydrogen) atoms. The van der Waals surface area contributed by atoms with Crippen LogP contribution in [0.1, 0.15) is 54.9 Å². The Morgan fingerprint density at radius 1 is 1.30 bits per heavy atom. The highest BCUT2D eigenvalue weighted by atomic mass is 32.2. The number of thioether (sulfide) groups is 1. The molecule has 11 heteroatoms. The second kappa shape index (κ2) is 10.1. The molecule has 0 fully saturated rings. The number of rotatable bonds is 7. The van der Waals surface area contributed by atoms with E-state index in [1.54, 1.807) is 24.3 Å². The van der Waals surface area contributed by atoms with Crippen molar-refractivity contribution < 1.29 is 4.79 Å². The molecule has 0 saturated heterocycles. The Morgan fingerprint density at radius 2 is 2.00 bits per heavy atom. The van der Waals surface area contributed by atoms with E-state index in [2.05, 4.69) is 43.6 Å². The predicted octanol–water partition coefficient (Wildman–Crippen LogP) is 3.69. The molecule has 4 rings (SSSR count). The van der Waals surface area contributed by atoms with Gasteiger partial charge in [-0.1, -0.05) is 38.6 Å². The van der Waals surface area contributed by atoms with Crippen molar-refractivity contribution in [1.82, 2.24) is 23.9 Å². The number of Topliss-reactive ketones (excluding diaryl/α,β-unsaturated/α-hetero) is 1. The number of hydrogen-bond donors (Lipinski definition) is 1. The van der Waals surface area contributed by atoms with Gasteiger partial charge in [0.1, 0.15) is 11.4 Å². The van der Waals surface area contributed by atoms with Crippen LogP contribution in [0.3, 0.4) is 0 Å². The lowest BCUT2D eigenvalue weighted by atomic mass is 9.72. The summed E-state index contributed by atoms with van der Waals surface area (Å²) >= 11 is 2.96. The summed E-state index contributed by atoms with van der Waals surface area (Å²) in [5.74, 6) is 0.778. The van der Waals surface area contributed by atoms with Crippen LogP contribution in [0.4, 0.5) is 5.82 Å². The van der Waals surface area contributed by atoms with Crippen LogP contribution in [0.25, 0.3) is 10.7 Å². The van der Waals surface area contributed by atoms with Crippen molar-refractivity contribution >= 4 is 34.7 Å². The highest BCUT2D eigenvalue weighted by Crippen LogP contribution is 2.42. The summed E-state index contributed by atoms with van der Waals surface area (Å²) in [6.07, 6.45) is 5.09. The van der Waals surface area contributed by atoms with Crippen LogP contribution in [0.15, 0.2) is 33.5 Å². The lowest BCUT2D eigenvalue weighted by Crippen LogP contribution is -2.42. The average Bonchev–Trinajstić information content (AvgIpc) is 3.44. The number of thiophene rings is 1. The lowest BCUT2D eigenvalue weighted by molar-refractivity contribution is 0.0992. The number of aromatic nitrogens is 5. The largest absolute Gasteiger partial charge is 0.384 e. The Morgan fingerprint density at radius 3 is 2.65 bits per heavy atom. The summed E-state index contributed by atoms with van der Waals surface area (Å²) in [7, 11) is 2.76. The van der Waals surface area contributed by atoms with Gasteiger partial charge in [-0.3, -0.25) is 23.3 Å². The first kappa shape index (κ1) is 27.1. The van der Waals surface area contributed by atoms with Gasteiger partial charge >= 0.3 is 5.69 Å². The van der Waals surface area contributed by atoms with E-state index in [1.165, 1.54) is 42.7 Å². The first-order valence-electron chi connectivity index (χ1n) is 12.3. The third-order valence-electron chi connectivity index (χ3n) is 7.16. The molecule has 3 aromatic rings. The Hall–Kier alpha value is -2.92. The number of fused-ring (bicyclic) bond motifs is 1. The lowest BCUT2D eigenvalue weighted by Gasteiger charge is -2.33. The Balaban J connectivity index is 1.64. The van der Waals surface area contributed by atoms with Crippen LogP contribution in [0.2, 0.25) is 0 Å². The number of ketones is 1. The molecule has 0 aromatic carbocycles. The van der Waals surface area contributed by atoms with Gasteiger partial charge in [0, 0.05) is 25.5 Å². The molecule has 0 saturated carbocycles. The molecule has 3 heterocycles. The number of carbonyl (C=O) groups is 1. The topological polar surface area (TPSA) is 118 Å². The molecule has 2 N–H and O–H groups in total. The van der Waals surface area contributed by atoms with E-state index in [0.29, 0.717) is 17.6 Å². The summed E-state index contributed by atoms with van der Waals surface area (Å²) < 4.78 is 3.94. The maximum Gasteiger partial charge on any atom is 0.332 e. The molecule has 9 nitrogen and oxygen atoms in total. The van der Waals surface area contributed by atoms with Crippen molar-refractivity contribution in [3.8, 4) is 10.7 Å². The number of nitrogens with zero attached hydrogens (tertiary/aromatic N) is 5. The van der Waals surface area contributed by atoms with E-state index in [-0.39, 0.29) is 16.8 Å². The van der Waals surface area contributed by atoms with Gasteiger partial charge in [0.15, 0.2) is 16.8 Å². The molecule has 1 aliphatic carbocycles. The number of nitrogen functional groups attached to an aromatic ring is 1. The van der Waals surface area contributed by atoms with Crippen molar-refractivity contribution in [1.29, 1.82) is 0 Å². The van der Waals surface area contributed by atoms with E-state index in [9.17, 15) is 14.4 Å². The highest BCUT2D eigenvalue weighted by molar-refractivity contribution is 8.00. The monoisotopic (exact) mass is 542 g/mol. The average molecular weight is 543 g/mol. The quantitative estimate of drug-likeness (QED) is 0.275. The second-order valence-electron chi connectivity index (χ2n) is 10.7. The highest BCUT2D eigenvalue weighted by Gasteiger charge is 2.31. The van der Waals surface area contributed by atoms with Crippen LogP contribution in [-0.2, 0) is 33.5 Å². The molecule has 0 bridgehead atoms. The van der Waals surface area contributed by atoms with Crippen molar-refractivity contribution in [2.75, 3.05) is 5.73 Å². The van der Waals surface area contributed by atoms with Gasteiger partial charge in [-0.05, 0) is 49.1 Å². The molecule has 2 atom stereocenters. The van der Waals surface area contributed by atoms with Gasteiger partial charge in [-0.2, -0.15) is 0 Å². The molecule has 3 aromatic heterocycles. The van der Waals surface area contributed by atoms with Gasteiger partial charge in [0.05, 0.1) is 10.1 Å². The summed E-state index contributed by atoms with van der Waals surface area (Å²) in [5.41, 5.74) is 6.18. The molecular weight excluding hydrogens is 508 g/mol. The molecular formula is C26H34N6O3S2. The molecule has 0 unspecified atom stereocenters. The summed E-state index contributed by atoms with van der Waals surface area (Å²) in [6, 6.07) is 2.24. The zero-order valence-electron chi connectivity index (χ0n) is 22.2. The number of allylic oxidation sites excluding steroid dienone is 1. The number of nitrogens with two attached hydrogens (primary N) is 1. The van der Waals surface area contributed by atoms with Crippen molar-refractivity contribution in [3.63, 3.8) is 0 Å². The maximum atomic E-state index is 13.3. The van der Waals surface area contributed by atoms with Gasteiger partial charge in [-0.25, -0.2) is 4.79 Å². The third-order valence-corrected chi connectivity index (χ3v) is 9.48. The van der Waals surface area contributed by atoms with Crippen LogP contribution < -0.4 is 17.0 Å². The SMILES string of the molecule is C=CCn1c(S[C@@H](C)C(=O)c2c(N)n(C)c(=O)n(C)c2=O)nnc1-c1cc2c(s1)CC[C@H](C(C)(C)C)C2. The first-order chi connectivity index (χ1) is 17.3. The second-order valence-corrected chi connectivity index (χ2v) is 13.1. The Labute approximate surface area is 224 Å². The minimum Gasteiger partial charge on any atom is -0.384 e. The van der Waals surface area contributed by atoms with Crippen LogP contribution in [0.5, 0.6) is 0 Å². The molecule has 1 aliphatic rings. The standard InChI is InChI=1S/C26H34N6O3S2/c1-8-11-32-22(18-13-15-12-16(26(3,4)5)9-10-17(15)37-18)28-29-24(32)36-14(2)20(33)19-21(27)30(6)25(35)31(7)23(19)34/h8,13-14,16H,1,9-12,27H2,2-7H3/t14-,16-/m0/s1. The molecule has 0 aliphatic heterocycles. The molecule has 0 radical (unpaired) electrons. The van der Waals surface area contributed by atoms with E-state index in [4.69, 9.17) is 5.73 Å². The fourth-order valence-corrected chi connectivity index (χ4v) is 6.85. The van der Waals surface area contributed by atoms with E-state index < -0.39 is 22.3 Å². The van der Waals surface area contributed by atoms with Gasteiger partial charge in [-0.15, -0.1) is 28.1 Å². The molecule has 198 valence electrons. The van der Waals surface area contributed by atoms with E-state index >= 15 is 0 Å². The van der Waals surface area contributed by atoms with E-state index in [0.717, 1.165) is 32.7 Å². The van der Waals surface area contributed by atoms with Crippen LogP contribution in [0, 0.1) is 11.3 Å². The predicted molar refractivity (Wildman–Crippen MR) is 149 cm³/mol. The Kier molecular flexibility index (Phi) is 7.40. The van der Waals surface area contributed by atoms with Gasteiger partial charge in [0.25, 0.3) is 5.56 Å². The first-order valence-corrected chi connectivity index (χ1v) is 14.0. The number of aryl methyl sites for hydroxylation is 1. The zero-order valence-corrected chi connectivity index (χ0v) is 23.8. The summed E-state index contributed by atoms with van der Waals surface area (Å²) in [6.45, 7) is 13.0. The van der Waals surface area contributed by atoms with Crippen molar-refractivity contribution in [2.45, 2.75) is 63.9 Å². The van der Waals surface area contributed by atoms with Crippen molar-refractivity contribution in [3.05, 3.63) is 55.6 Å². The van der Waals surface area contributed by atoms with Gasteiger partial charge < -0.3 is 5.73 Å². The maximum absolute atomic E-state index is 13.3. The van der Waals surface area contributed by atoms with Crippen LogP contribution >= 0.6 is 23.1 Å². The molecule has 0 amide bonds. The fourth-order valence-electron chi connectivity index (χ4n) is 4.73. The molecule has 0 spiro atoms. The minimum atomic E-state index is -0.705. The minimum absolute atomic E-state index is 0.142. The summed E-state index contributed by atoms with van der Waals surface area (Å²) in [4.78, 5) is 40.6. The van der Waals surface area contributed by atoms with Crippen molar-refractivity contribution in [2.24, 2.45) is 25.4 Å². The number of hydrogen-bond acceptors (Lipinski definition) is 8. The van der Waals surface area contributed by atoms with Crippen LogP contribution in [-0.4, -0.2) is 34.9 Å². The normalized spacial score (nSPS) is 16.4. The zero-order chi connectivity index (χ0) is 27.2. The smallest absolute Gasteiger partial charge is 0.332 e. The van der Waals surface area contributed by atoms with Gasteiger partial charge in [0.2, 0.25) is 0 Å². The fraction of sp³-hybridized carbons (Fsp3) is 0.500. The summed E-state index contributed by atoms with van der Waals surface area (Å²) in [5, 5.41) is 8.75. The third kappa shape index (κ3) is 4.98. The number of carbonyl (C=O) groups excluding carboxylic acids is 1.